The molecule has 1 radical (unpaired) electrons. The molecule has 1 nitrogen and oxygen atoms in total. The predicted molar refractivity (Wildman–Crippen MR) is 36.7 cm³/mol. The van der Waals surface area contributed by atoms with Gasteiger partial charge in [0.25, 0.3) is 0 Å². The van der Waals surface area contributed by atoms with Crippen LogP contribution in [0.2, 0.25) is 0 Å². The van der Waals surface area contributed by atoms with E-state index in [1.165, 1.54) is 12.8 Å². The third kappa shape index (κ3) is 2.66. The molecule has 0 saturated carbocycles. The highest BCUT2D eigenvalue weighted by molar-refractivity contribution is 4.89. The molecular weight excluding hydrogens is 112 g/mol. The SMILES string of the molecule is [O]C1/C=C\CCCCC1. The fourth-order valence-corrected chi connectivity index (χ4v) is 1.13. The molecule has 0 heterocycles. The summed E-state index contributed by atoms with van der Waals surface area (Å²) in [5.74, 6) is 0. The molecule has 9 heavy (non-hydrogen) atoms. The van der Waals surface area contributed by atoms with Crippen LogP contribution in [-0.4, -0.2) is 6.10 Å². The zero-order chi connectivity index (χ0) is 6.53. The van der Waals surface area contributed by atoms with Crippen LogP contribution in [0.25, 0.3) is 0 Å². The van der Waals surface area contributed by atoms with Crippen LogP contribution in [0, 0.1) is 0 Å². The normalized spacial score (nSPS) is 32.8. The van der Waals surface area contributed by atoms with Gasteiger partial charge in [-0.3, -0.25) is 0 Å². The Balaban J connectivity index is 2.30. The second-order valence-electron chi connectivity index (χ2n) is 2.60. The van der Waals surface area contributed by atoms with Crippen molar-refractivity contribution in [1.82, 2.24) is 0 Å². The van der Waals surface area contributed by atoms with E-state index in [0.29, 0.717) is 0 Å². The van der Waals surface area contributed by atoms with Crippen LogP contribution in [0.3, 0.4) is 0 Å². The molecule has 0 aromatic heterocycles. The quantitative estimate of drug-likeness (QED) is 0.443. The molecule has 0 aromatic carbocycles. The molecule has 0 N–H and O–H groups in total. The van der Waals surface area contributed by atoms with Gasteiger partial charge in [-0.25, -0.2) is 5.11 Å². The van der Waals surface area contributed by atoms with Crippen LogP contribution in [0.4, 0.5) is 0 Å². The Hall–Kier alpha value is -0.300. The molecule has 0 aliphatic heterocycles. The molecule has 1 aliphatic carbocycles. The predicted octanol–water partition coefficient (Wildman–Crippen LogP) is 2.31. The Morgan fingerprint density at radius 1 is 1.22 bits per heavy atom. The van der Waals surface area contributed by atoms with E-state index in [2.05, 4.69) is 0 Å². The molecule has 0 fully saturated rings. The molecule has 0 amide bonds. The summed E-state index contributed by atoms with van der Waals surface area (Å²) in [7, 11) is 0. The second kappa shape index (κ2) is 3.67. The van der Waals surface area contributed by atoms with E-state index in [-0.39, 0.29) is 0 Å². The Morgan fingerprint density at radius 3 is 3.00 bits per heavy atom. The maximum Gasteiger partial charge on any atom is 0.111 e. The van der Waals surface area contributed by atoms with Crippen LogP contribution < -0.4 is 0 Å². The number of hydrogen-bond donors (Lipinski definition) is 0. The largest absolute Gasteiger partial charge is 0.229 e. The van der Waals surface area contributed by atoms with Gasteiger partial charge in [0.15, 0.2) is 0 Å². The van der Waals surface area contributed by atoms with Gasteiger partial charge in [-0.15, -0.1) is 0 Å². The second-order valence-corrected chi connectivity index (χ2v) is 2.60. The van der Waals surface area contributed by atoms with Gasteiger partial charge in [0.2, 0.25) is 0 Å². The van der Waals surface area contributed by atoms with Gasteiger partial charge in [0.1, 0.15) is 6.10 Å². The highest BCUT2D eigenvalue weighted by Gasteiger charge is 2.02. The van der Waals surface area contributed by atoms with Crippen LogP contribution in [0.15, 0.2) is 12.2 Å². The Labute approximate surface area is 56.4 Å². The standard InChI is InChI=1S/C8H13O/c9-8-6-4-2-1-3-5-7-8/h4,6,8H,1-3,5,7H2/b6-4-. The highest BCUT2D eigenvalue weighted by atomic mass is 16.3. The number of hydrogen-bond acceptors (Lipinski definition) is 0. The summed E-state index contributed by atoms with van der Waals surface area (Å²) >= 11 is 0. The summed E-state index contributed by atoms with van der Waals surface area (Å²) in [5.41, 5.74) is 0. The third-order valence-corrected chi connectivity index (χ3v) is 1.71. The zero-order valence-electron chi connectivity index (χ0n) is 5.68. The van der Waals surface area contributed by atoms with Crippen LogP contribution in [-0.2, 0) is 5.11 Å². The van der Waals surface area contributed by atoms with Crippen molar-refractivity contribution in [3.05, 3.63) is 12.2 Å². The molecule has 0 bridgehead atoms. The fraction of sp³-hybridized carbons (Fsp3) is 0.750. The van der Waals surface area contributed by atoms with Gasteiger partial charge >= 0.3 is 0 Å². The lowest BCUT2D eigenvalue weighted by Crippen LogP contribution is -2.00. The molecule has 1 aliphatic rings. The van der Waals surface area contributed by atoms with Crippen molar-refractivity contribution in [3.63, 3.8) is 0 Å². The van der Waals surface area contributed by atoms with Gasteiger partial charge in [0, 0.05) is 0 Å². The summed E-state index contributed by atoms with van der Waals surface area (Å²) in [6, 6.07) is 0. The Bertz CT molecular complexity index is 96.7. The summed E-state index contributed by atoms with van der Waals surface area (Å²) in [6.45, 7) is 0. The minimum absolute atomic E-state index is 0.412. The average Bonchev–Trinajstić information content (AvgIpc) is 1.79. The molecule has 51 valence electrons. The number of allylic oxidation sites excluding steroid dienone is 1. The van der Waals surface area contributed by atoms with Crippen molar-refractivity contribution in [2.24, 2.45) is 0 Å². The van der Waals surface area contributed by atoms with E-state index in [4.69, 9.17) is 0 Å². The third-order valence-electron chi connectivity index (χ3n) is 1.71. The first-order valence-corrected chi connectivity index (χ1v) is 3.72. The molecular formula is C8H13O. The van der Waals surface area contributed by atoms with Crippen LogP contribution in [0.1, 0.15) is 32.1 Å². The smallest absolute Gasteiger partial charge is 0.111 e. The minimum atomic E-state index is -0.412. The minimum Gasteiger partial charge on any atom is -0.229 e. The van der Waals surface area contributed by atoms with Crippen molar-refractivity contribution in [3.8, 4) is 0 Å². The van der Waals surface area contributed by atoms with Crippen molar-refractivity contribution in [1.29, 1.82) is 0 Å². The lowest BCUT2D eigenvalue weighted by molar-refractivity contribution is 0.118. The first-order valence-electron chi connectivity index (χ1n) is 3.72. The van der Waals surface area contributed by atoms with E-state index in [1.54, 1.807) is 6.08 Å². The molecule has 1 rings (SSSR count). The van der Waals surface area contributed by atoms with Crippen molar-refractivity contribution < 1.29 is 5.11 Å². The molecule has 1 unspecified atom stereocenters. The first-order chi connectivity index (χ1) is 4.39. The summed E-state index contributed by atoms with van der Waals surface area (Å²) in [5, 5.41) is 10.8. The van der Waals surface area contributed by atoms with E-state index in [1.807, 2.05) is 6.08 Å². The summed E-state index contributed by atoms with van der Waals surface area (Å²) in [6.07, 6.45) is 9.00. The van der Waals surface area contributed by atoms with E-state index >= 15 is 0 Å². The molecule has 0 aromatic rings. The average molecular weight is 125 g/mol. The van der Waals surface area contributed by atoms with Crippen LogP contribution >= 0.6 is 0 Å². The van der Waals surface area contributed by atoms with E-state index in [0.717, 1.165) is 19.3 Å². The van der Waals surface area contributed by atoms with Crippen LogP contribution in [0.5, 0.6) is 0 Å². The summed E-state index contributed by atoms with van der Waals surface area (Å²) < 4.78 is 0. The monoisotopic (exact) mass is 125 g/mol. The van der Waals surface area contributed by atoms with Crippen molar-refractivity contribution >= 4 is 0 Å². The van der Waals surface area contributed by atoms with Gasteiger partial charge < -0.3 is 0 Å². The number of rotatable bonds is 0. The molecule has 1 heteroatoms. The Morgan fingerprint density at radius 2 is 2.11 bits per heavy atom. The highest BCUT2D eigenvalue weighted by Crippen LogP contribution is 2.11. The van der Waals surface area contributed by atoms with Crippen molar-refractivity contribution in [2.75, 3.05) is 0 Å². The fourth-order valence-electron chi connectivity index (χ4n) is 1.13. The first kappa shape index (κ1) is 6.81. The Kier molecular flexibility index (Phi) is 2.78. The molecule has 1 atom stereocenters. The van der Waals surface area contributed by atoms with Gasteiger partial charge in [-0.1, -0.05) is 25.0 Å². The lowest BCUT2D eigenvalue weighted by atomic mass is 10.0. The van der Waals surface area contributed by atoms with E-state index in [9.17, 15) is 5.11 Å². The maximum absolute atomic E-state index is 10.8. The molecule has 0 saturated heterocycles. The zero-order valence-corrected chi connectivity index (χ0v) is 5.68. The van der Waals surface area contributed by atoms with Gasteiger partial charge in [-0.2, -0.15) is 0 Å². The maximum atomic E-state index is 10.8. The topological polar surface area (TPSA) is 19.9 Å². The molecule has 0 spiro atoms. The van der Waals surface area contributed by atoms with Gasteiger partial charge in [0.05, 0.1) is 0 Å². The van der Waals surface area contributed by atoms with E-state index < -0.39 is 6.10 Å². The lowest BCUT2D eigenvalue weighted by Gasteiger charge is -2.05. The van der Waals surface area contributed by atoms with Gasteiger partial charge in [-0.05, 0) is 19.3 Å². The van der Waals surface area contributed by atoms with Crippen molar-refractivity contribution in [2.45, 2.75) is 38.2 Å². The summed E-state index contributed by atoms with van der Waals surface area (Å²) in [4.78, 5) is 0.